The van der Waals surface area contributed by atoms with Crippen LogP contribution in [-0.4, -0.2) is 49.4 Å². The number of alkyl halides is 1. The van der Waals surface area contributed by atoms with Crippen molar-refractivity contribution in [2.24, 2.45) is 0 Å². The van der Waals surface area contributed by atoms with Gasteiger partial charge in [-0.3, -0.25) is 0 Å². The zero-order valence-corrected chi connectivity index (χ0v) is 14.3. The number of aromatic nitrogens is 2. The van der Waals surface area contributed by atoms with Crippen LogP contribution in [0.25, 0.3) is 5.65 Å². The normalized spacial score (nSPS) is 12.8. The minimum atomic E-state index is 0.230. The molecule has 0 saturated heterocycles. The zero-order valence-electron chi connectivity index (χ0n) is 12.8. The highest BCUT2D eigenvalue weighted by molar-refractivity contribution is 9.08. The van der Waals surface area contributed by atoms with Gasteiger partial charge in [0.2, 0.25) is 0 Å². The predicted molar refractivity (Wildman–Crippen MR) is 88.4 cm³/mol. The Hall–Kier alpha value is -1.11. The van der Waals surface area contributed by atoms with Crippen LogP contribution in [0, 0.1) is 0 Å². The van der Waals surface area contributed by atoms with E-state index in [-0.39, 0.29) is 6.04 Å². The molecule has 0 fully saturated rings. The molecule has 0 bridgehead atoms. The molecule has 5 nitrogen and oxygen atoms in total. The first-order valence-electron chi connectivity index (χ1n) is 6.99. The van der Waals surface area contributed by atoms with Crippen molar-refractivity contribution in [1.29, 1.82) is 0 Å². The van der Waals surface area contributed by atoms with Gasteiger partial charge in [-0.2, -0.15) is 0 Å². The maximum atomic E-state index is 5.30. The first-order chi connectivity index (χ1) is 10.2. The molecule has 0 N–H and O–H groups in total. The summed E-state index contributed by atoms with van der Waals surface area (Å²) in [5.41, 5.74) is 2.10. The van der Waals surface area contributed by atoms with E-state index < -0.39 is 0 Å². The quantitative estimate of drug-likeness (QED) is 0.682. The van der Waals surface area contributed by atoms with E-state index in [9.17, 15) is 0 Å². The van der Waals surface area contributed by atoms with Crippen LogP contribution in [0.5, 0.6) is 0 Å². The van der Waals surface area contributed by atoms with Gasteiger partial charge in [-0.05, 0) is 19.1 Å². The van der Waals surface area contributed by atoms with Crippen LogP contribution in [0.15, 0.2) is 24.4 Å². The third kappa shape index (κ3) is 3.56. The first kappa shape index (κ1) is 16.3. The van der Waals surface area contributed by atoms with Crippen LogP contribution < -0.4 is 4.90 Å². The highest BCUT2D eigenvalue weighted by atomic mass is 79.9. The number of ether oxygens (including phenoxy) is 2. The van der Waals surface area contributed by atoms with Crippen molar-refractivity contribution >= 4 is 27.4 Å². The molecule has 0 aliphatic heterocycles. The Kier molecular flexibility index (Phi) is 6.02. The molecule has 6 heteroatoms. The molecule has 21 heavy (non-hydrogen) atoms. The van der Waals surface area contributed by atoms with Gasteiger partial charge in [-0.25, -0.2) is 4.98 Å². The molecule has 2 aromatic heterocycles. The van der Waals surface area contributed by atoms with Crippen LogP contribution in [0.3, 0.4) is 0 Å². The van der Waals surface area contributed by atoms with Crippen LogP contribution in [-0.2, 0) is 14.8 Å². The minimum absolute atomic E-state index is 0.230. The van der Waals surface area contributed by atoms with Crippen LogP contribution in [0.1, 0.15) is 12.6 Å². The number of anilines is 1. The fraction of sp³-hybridized carbons (Fsp3) is 0.533. The van der Waals surface area contributed by atoms with Gasteiger partial charge < -0.3 is 18.8 Å². The molecule has 1 unspecified atom stereocenters. The largest absolute Gasteiger partial charge is 0.383 e. The molecule has 2 heterocycles. The average Bonchev–Trinajstić information content (AvgIpc) is 2.86. The van der Waals surface area contributed by atoms with E-state index in [1.54, 1.807) is 14.2 Å². The van der Waals surface area contributed by atoms with Gasteiger partial charge in [0.05, 0.1) is 24.9 Å². The Morgan fingerprint density at radius 3 is 2.81 bits per heavy atom. The minimum Gasteiger partial charge on any atom is -0.383 e. The second-order valence-electron chi connectivity index (χ2n) is 4.94. The van der Waals surface area contributed by atoms with E-state index in [1.807, 2.05) is 24.4 Å². The topological polar surface area (TPSA) is 39.0 Å². The summed E-state index contributed by atoms with van der Waals surface area (Å²) < 4.78 is 12.7. The highest BCUT2D eigenvalue weighted by Gasteiger charge is 2.21. The monoisotopic (exact) mass is 355 g/mol. The third-order valence-corrected chi connectivity index (χ3v) is 4.01. The van der Waals surface area contributed by atoms with Gasteiger partial charge in [0, 0.05) is 32.3 Å². The molecule has 1 atom stereocenters. The molecule has 2 aromatic rings. The van der Waals surface area contributed by atoms with E-state index in [1.165, 1.54) is 0 Å². The molecule has 0 amide bonds. The number of rotatable bonds is 8. The Labute approximate surface area is 134 Å². The van der Waals surface area contributed by atoms with Crippen molar-refractivity contribution in [2.45, 2.75) is 18.3 Å². The molecule has 0 spiro atoms. The van der Waals surface area contributed by atoms with Gasteiger partial charge in [-0.1, -0.05) is 22.0 Å². The Morgan fingerprint density at radius 2 is 2.14 bits per heavy atom. The van der Waals surface area contributed by atoms with Gasteiger partial charge in [0.1, 0.15) is 5.65 Å². The lowest BCUT2D eigenvalue weighted by Crippen LogP contribution is -2.39. The van der Waals surface area contributed by atoms with Gasteiger partial charge in [0.15, 0.2) is 5.82 Å². The van der Waals surface area contributed by atoms with Crippen molar-refractivity contribution in [3.05, 3.63) is 30.1 Å². The molecule has 0 saturated carbocycles. The van der Waals surface area contributed by atoms with Crippen LogP contribution in [0.4, 0.5) is 5.82 Å². The second-order valence-corrected chi connectivity index (χ2v) is 5.50. The maximum absolute atomic E-state index is 5.30. The lowest BCUT2D eigenvalue weighted by Gasteiger charge is -2.29. The number of fused-ring (bicyclic) bond motifs is 1. The summed E-state index contributed by atoms with van der Waals surface area (Å²) in [7, 11) is 3.44. The average molecular weight is 356 g/mol. The van der Waals surface area contributed by atoms with Gasteiger partial charge in [0.25, 0.3) is 0 Å². The molecule has 2 rings (SSSR count). The fourth-order valence-electron chi connectivity index (χ4n) is 2.44. The molecule has 0 aliphatic carbocycles. The van der Waals surface area contributed by atoms with Crippen molar-refractivity contribution in [2.75, 3.05) is 38.9 Å². The van der Waals surface area contributed by atoms with Crippen LogP contribution >= 0.6 is 15.9 Å². The number of hydrogen-bond acceptors (Lipinski definition) is 4. The van der Waals surface area contributed by atoms with Gasteiger partial charge >= 0.3 is 0 Å². The van der Waals surface area contributed by atoms with E-state index in [0.29, 0.717) is 13.2 Å². The molecule has 116 valence electrons. The fourth-order valence-corrected chi connectivity index (χ4v) is 2.97. The number of imidazole rings is 1. The third-order valence-electron chi connectivity index (χ3n) is 3.48. The van der Waals surface area contributed by atoms with E-state index >= 15 is 0 Å². The summed E-state index contributed by atoms with van der Waals surface area (Å²) in [6.45, 7) is 4.23. The van der Waals surface area contributed by atoms with Gasteiger partial charge in [-0.15, -0.1) is 0 Å². The molecule has 0 radical (unpaired) electrons. The SMILES string of the molecule is COCCN(c1nc2ccccn2c1CBr)C(C)COC. The molecule has 0 aromatic carbocycles. The summed E-state index contributed by atoms with van der Waals surface area (Å²) in [6.07, 6.45) is 2.04. The second kappa shape index (κ2) is 7.77. The van der Waals surface area contributed by atoms with E-state index in [0.717, 1.165) is 29.0 Å². The smallest absolute Gasteiger partial charge is 0.152 e. The molecular formula is C15H22BrN3O2. The van der Waals surface area contributed by atoms with Crippen molar-refractivity contribution in [3.63, 3.8) is 0 Å². The lowest BCUT2D eigenvalue weighted by atomic mass is 10.2. The Morgan fingerprint density at radius 1 is 1.33 bits per heavy atom. The predicted octanol–water partition coefficient (Wildman–Crippen LogP) is 2.72. The number of halogens is 1. The van der Waals surface area contributed by atoms with Crippen molar-refractivity contribution < 1.29 is 9.47 Å². The number of hydrogen-bond donors (Lipinski definition) is 0. The molecule has 0 aliphatic rings. The summed E-state index contributed by atoms with van der Waals surface area (Å²) in [4.78, 5) is 7.03. The maximum Gasteiger partial charge on any atom is 0.152 e. The first-order valence-corrected chi connectivity index (χ1v) is 8.11. The number of pyridine rings is 1. The standard InChI is InChI=1S/C15H22BrN3O2/c1-12(11-21-3)18(8-9-20-2)15-13(10-16)19-7-5-4-6-14(19)17-15/h4-7,12H,8-11H2,1-3H3. The summed E-state index contributed by atoms with van der Waals surface area (Å²) in [5, 5.41) is 0.747. The van der Waals surface area contributed by atoms with Crippen LogP contribution in [0.2, 0.25) is 0 Å². The Balaban J connectivity index is 2.42. The molecular weight excluding hydrogens is 334 g/mol. The van der Waals surface area contributed by atoms with E-state index in [2.05, 4.69) is 32.2 Å². The number of nitrogens with zero attached hydrogens (tertiary/aromatic N) is 3. The summed E-state index contributed by atoms with van der Waals surface area (Å²) in [5.74, 6) is 0.986. The Bertz CT molecular complexity index is 573. The zero-order chi connectivity index (χ0) is 15.2. The highest BCUT2D eigenvalue weighted by Crippen LogP contribution is 2.25. The summed E-state index contributed by atoms with van der Waals surface area (Å²) in [6, 6.07) is 6.27. The number of methoxy groups -OCH3 is 2. The van der Waals surface area contributed by atoms with E-state index in [4.69, 9.17) is 14.5 Å². The summed E-state index contributed by atoms with van der Waals surface area (Å²) >= 11 is 3.58. The lowest BCUT2D eigenvalue weighted by molar-refractivity contribution is 0.170. The van der Waals surface area contributed by atoms with Crippen molar-refractivity contribution in [1.82, 2.24) is 9.38 Å². The van der Waals surface area contributed by atoms with Crippen molar-refractivity contribution in [3.8, 4) is 0 Å².